The van der Waals surface area contributed by atoms with Crippen LogP contribution in [-0.2, 0) is 22.8 Å². The quantitative estimate of drug-likeness (QED) is 0.647. The molecule has 0 unspecified atom stereocenters. The van der Waals surface area contributed by atoms with E-state index in [1.54, 1.807) is 29.2 Å². The van der Waals surface area contributed by atoms with Crippen molar-refractivity contribution in [2.45, 2.75) is 62.1 Å². The lowest BCUT2D eigenvalue weighted by atomic mass is 9.90. The van der Waals surface area contributed by atoms with Gasteiger partial charge in [0.15, 0.2) is 9.84 Å². The normalized spacial score (nSPS) is 20.4. The summed E-state index contributed by atoms with van der Waals surface area (Å²) >= 11 is 0. The Hall–Kier alpha value is -2.45. The molecule has 2 fully saturated rings. The molecule has 1 saturated carbocycles. The molecule has 2 aliphatic heterocycles. The van der Waals surface area contributed by atoms with Gasteiger partial charge in [-0.05, 0) is 49.4 Å². The first-order chi connectivity index (χ1) is 15.9. The highest BCUT2D eigenvalue weighted by molar-refractivity contribution is 7.90. The molecular weight excluding hydrogens is 438 g/mol. The molecule has 0 spiro atoms. The van der Waals surface area contributed by atoms with Gasteiger partial charge in [-0.3, -0.25) is 4.79 Å². The number of hydrogen-bond donors (Lipinski definition) is 0. The van der Waals surface area contributed by atoms with Gasteiger partial charge in [0.2, 0.25) is 5.88 Å². The molecule has 1 aliphatic carbocycles. The second-order valence-electron chi connectivity index (χ2n) is 9.47. The molecule has 0 radical (unpaired) electrons. The van der Waals surface area contributed by atoms with Gasteiger partial charge in [-0.25, -0.2) is 13.4 Å². The number of rotatable bonds is 6. The van der Waals surface area contributed by atoms with E-state index in [-0.39, 0.29) is 16.9 Å². The Balaban J connectivity index is 1.19. The topological polar surface area (TPSA) is 79.8 Å². The van der Waals surface area contributed by atoms with Crippen molar-refractivity contribution in [2.24, 2.45) is 0 Å². The molecule has 5 rings (SSSR count). The smallest absolute Gasteiger partial charge is 0.256 e. The second-order valence-corrected chi connectivity index (χ2v) is 11.5. The van der Waals surface area contributed by atoms with Crippen molar-refractivity contribution in [3.05, 3.63) is 53.2 Å². The number of carbonyl (C=O) groups excluding carboxylic acids is 1. The van der Waals surface area contributed by atoms with Crippen LogP contribution in [0.4, 0.5) is 0 Å². The van der Waals surface area contributed by atoms with Crippen molar-refractivity contribution in [1.29, 1.82) is 0 Å². The van der Waals surface area contributed by atoms with E-state index >= 15 is 0 Å². The Morgan fingerprint density at radius 1 is 1.00 bits per heavy atom. The van der Waals surface area contributed by atoms with Gasteiger partial charge in [0, 0.05) is 51.0 Å². The van der Waals surface area contributed by atoms with Crippen LogP contribution in [0.15, 0.2) is 41.3 Å². The lowest BCUT2D eigenvalue weighted by Crippen LogP contribution is -2.46. The van der Waals surface area contributed by atoms with E-state index < -0.39 is 9.84 Å². The number of pyridine rings is 1. The molecule has 1 amide bonds. The minimum Gasteiger partial charge on any atom is -0.474 e. The van der Waals surface area contributed by atoms with Gasteiger partial charge in [0.1, 0.15) is 6.10 Å². The first-order valence-corrected chi connectivity index (χ1v) is 13.7. The molecule has 1 saturated heterocycles. The van der Waals surface area contributed by atoms with Crippen LogP contribution < -0.4 is 4.74 Å². The average molecular weight is 470 g/mol. The van der Waals surface area contributed by atoms with Gasteiger partial charge in [0.05, 0.1) is 16.2 Å². The highest BCUT2D eigenvalue weighted by Gasteiger charge is 2.30. The summed E-state index contributed by atoms with van der Waals surface area (Å²) in [6, 6.07) is 11.2. The second kappa shape index (κ2) is 9.06. The Kier molecular flexibility index (Phi) is 6.14. The minimum atomic E-state index is -3.23. The number of carbonyl (C=O) groups is 1. The van der Waals surface area contributed by atoms with E-state index in [4.69, 9.17) is 4.74 Å². The van der Waals surface area contributed by atoms with Crippen LogP contribution in [0.2, 0.25) is 0 Å². The van der Waals surface area contributed by atoms with E-state index in [1.807, 2.05) is 12.1 Å². The molecule has 7 nitrogen and oxygen atoms in total. The zero-order valence-electron chi connectivity index (χ0n) is 19.1. The van der Waals surface area contributed by atoms with Crippen molar-refractivity contribution in [3.63, 3.8) is 0 Å². The third-order valence-corrected chi connectivity index (χ3v) is 8.29. The fourth-order valence-electron chi connectivity index (χ4n) is 4.94. The zero-order valence-corrected chi connectivity index (χ0v) is 19.9. The van der Waals surface area contributed by atoms with Crippen molar-refractivity contribution in [1.82, 2.24) is 14.8 Å². The zero-order chi connectivity index (χ0) is 23.0. The fourth-order valence-corrected chi connectivity index (χ4v) is 5.57. The predicted octanol–water partition coefficient (Wildman–Crippen LogP) is 3.08. The summed E-state index contributed by atoms with van der Waals surface area (Å²) < 4.78 is 29.5. The number of sulfone groups is 1. The Labute approximate surface area is 195 Å². The van der Waals surface area contributed by atoms with Crippen LogP contribution in [0, 0.1) is 0 Å². The maximum Gasteiger partial charge on any atom is 0.256 e. The predicted molar refractivity (Wildman–Crippen MR) is 125 cm³/mol. The van der Waals surface area contributed by atoms with Crippen LogP contribution in [0.25, 0.3) is 0 Å². The molecule has 3 aliphatic rings. The Morgan fingerprint density at radius 3 is 2.36 bits per heavy atom. The van der Waals surface area contributed by atoms with Crippen molar-refractivity contribution < 1.29 is 17.9 Å². The van der Waals surface area contributed by atoms with Gasteiger partial charge in [-0.15, -0.1) is 0 Å². The van der Waals surface area contributed by atoms with E-state index in [0.29, 0.717) is 31.0 Å². The highest BCUT2D eigenvalue weighted by Crippen LogP contribution is 2.29. The number of aromatic nitrogens is 1. The summed E-state index contributed by atoms with van der Waals surface area (Å²) in [5.41, 5.74) is 2.33. The molecule has 33 heavy (non-hydrogen) atoms. The molecule has 2 aromatic rings. The molecule has 176 valence electrons. The van der Waals surface area contributed by atoms with Crippen LogP contribution in [0.3, 0.4) is 0 Å². The number of amides is 1. The highest BCUT2D eigenvalue weighted by atomic mass is 32.2. The van der Waals surface area contributed by atoms with Crippen molar-refractivity contribution in [2.75, 3.05) is 25.9 Å². The summed E-state index contributed by atoms with van der Waals surface area (Å²) in [4.78, 5) is 22.4. The average Bonchev–Trinajstić information content (AvgIpc) is 2.76. The summed E-state index contributed by atoms with van der Waals surface area (Å²) in [7, 11) is -3.23. The standard InChI is InChI=1S/C25H31N3O4S/c1-33(30,31)21-7-5-18(6-8-21)17-28-16-13-23-22(25(28)29)9-10-24(26-23)32-20-11-14-27(15-12-20)19-3-2-4-19/h5-10,19-20H,2-4,11-17H2,1H3. The third-order valence-electron chi connectivity index (χ3n) is 7.16. The van der Waals surface area contributed by atoms with Gasteiger partial charge in [-0.1, -0.05) is 18.6 Å². The molecule has 0 bridgehead atoms. The Morgan fingerprint density at radius 2 is 1.73 bits per heavy atom. The number of piperidine rings is 1. The molecular formula is C25H31N3O4S. The molecule has 0 atom stereocenters. The van der Waals surface area contributed by atoms with E-state index in [0.717, 1.165) is 43.2 Å². The van der Waals surface area contributed by atoms with Gasteiger partial charge in [0.25, 0.3) is 5.91 Å². The van der Waals surface area contributed by atoms with Crippen LogP contribution in [0.5, 0.6) is 5.88 Å². The van der Waals surface area contributed by atoms with Crippen molar-refractivity contribution in [3.8, 4) is 5.88 Å². The summed E-state index contributed by atoms with van der Waals surface area (Å²) in [6.07, 6.45) is 8.17. The summed E-state index contributed by atoms with van der Waals surface area (Å²) in [5, 5.41) is 0. The molecule has 3 heterocycles. The van der Waals surface area contributed by atoms with Gasteiger partial charge < -0.3 is 14.5 Å². The molecule has 8 heteroatoms. The number of benzene rings is 1. The number of nitrogens with zero attached hydrogens (tertiary/aromatic N) is 3. The van der Waals surface area contributed by atoms with Crippen LogP contribution in [-0.4, -0.2) is 67.1 Å². The summed E-state index contributed by atoms with van der Waals surface area (Å²) in [6.45, 7) is 3.22. The SMILES string of the molecule is CS(=O)(=O)c1ccc(CN2CCc3nc(OC4CCN(C5CCC5)CC4)ccc3C2=O)cc1. The maximum atomic E-state index is 13.0. The van der Waals surface area contributed by atoms with Crippen LogP contribution >= 0.6 is 0 Å². The van der Waals surface area contributed by atoms with Gasteiger partial charge >= 0.3 is 0 Å². The fraction of sp³-hybridized carbons (Fsp3) is 0.520. The number of ether oxygens (including phenoxy) is 1. The maximum absolute atomic E-state index is 13.0. The first-order valence-electron chi connectivity index (χ1n) is 11.9. The molecule has 1 aromatic carbocycles. The number of fused-ring (bicyclic) bond motifs is 1. The largest absolute Gasteiger partial charge is 0.474 e. The monoisotopic (exact) mass is 469 g/mol. The van der Waals surface area contributed by atoms with E-state index in [2.05, 4.69) is 9.88 Å². The third kappa shape index (κ3) is 4.92. The first kappa shape index (κ1) is 22.3. The summed E-state index contributed by atoms with van der Waals surface area (Å²) in [5.74, 6) is 0.574. The van der Waals surface area contributed by atoms with Crippen molar-refractivity contribution >= 4 is 15.7 Å². The minimum absolute atomic E-state index is 0.0451. The van der Waals surface area contributed by atoms with Gasteiger partial charge in [-0.2, -0.15) is 0 Å². The Bertz CT molecular complexity index is 1120. The molecule has 0 N–H and O–H groups in total. The lowest BCUT2D eigenvalue weighted by Gasteiger charge is -2.41. The van der Waals surface area contributed by atoms with E-state index in [1.165, 1.54) is 25.5 Å². The molecule has 1 aromatic heterocycles. The number of likely N-dealkylation sites (tertiary alicyclic amines) is 1. The van der Waals surface area contributed by atoms with Crippen LogP contribution in [0.1, 0.15) is 53.7 Å². The number of hydrogen-bond acceptors (Lipinski definition) is 6. The lowest BCUT2D eigenvalue weighted by molar-refractivity contribution is 0.0473. The van der Waals surface area contributed by atoms with E-state index in [9.17, 15) is 13.2 Å².